The van der Waals surface area contributed by atoms with Gasteiger partial charge in [0.25, 0.3) is 11.8 Å². The summed E-state index contributed by atoms with van der Waals surface area (Å²) in [5.74, 6) is -1.43. The number of benzene rings is 1. The molecule has 4 amide bonds. The van der Waals surface area contributed by atoms with Gasteiger partial charge in [-0.2, -0.15) is 0 Å². The quantitative estimate of drug-likeness (QED) is 0.763. The van der Waals surface area contributed by atoms with Gasteiger partial charge in [0, 0.05) is 20.0 Å². The van der Waals surface area contributed by atoms with E-state index in [9.17, 15) is 19.2 Å². The van der Waals surface area contributed by atoms with Crippen LogP contribution in [0.5, 0.6) is 0 Å². The van der Waals surface area contributed by atoms with Gasteiger partial charge in [0.15, 0.2) is 0 Å². The third kappa shape index (κ3) is 2.05. The smallest absolute Gasteiger partial charge is 0.262 e. The van der Waals surface area contributed by atoms with Gasteiger partial charge in [0.05, 0.1) is 23.6 Å². The highest BCUT2D eigenvalue weighted by atomic mass is 16.2. The number of primary amides is 1. The van der Waals surface area contributed by atoms with Gasteiger partial charge in [0.1, 0.15) is 0 Å². The fraction of sp³-hybridized carbons (Fsp3) is 0.333. The van der Waals surface area contributed by atoms with Crippen molar-refractivity contribution in [2.45, 2.75) is 19.4 Å². The van der Waals surface area contributed by atoms with Gasteiger partial charge < -0.3 is 10.6 Å². The second-order valence-corrected chi connectivity index (χ2v) is 5.54. The van der Waals surface area contributed by atoms with E-state index in [-0.39, 0.29) is 29.8 Å². The Morgan fingerprint density at radius 2 is 1.91 bits per heavy atom. The van der Waals surface area contributed by atoms with E-state index in [0.29, 0.717) is 24.2 Å². The number of carbonyl (C=O) groups excluding carboxylic acids is 4. The molecule has 0 spiro atoms. The van der Waals surface area contributed by atoms with Gasteiger partial charge in [-0.25, -0.2) is 0 Å². The Labute approximate surface area is 126 Å². The van der Waals surface area contributed by atoms with Crippen LogP contribution in [0.4, 0.5) is 0 Å². The predicted molar refractivity (Wildman–Crippen MR) is 75.9 cm³/mol. The summed E-state index contributed by atoms with van der Waals surface area (Å²) in [6, 6.07) is 4.52. The number of hydrogen-bond donors (Lipinski definition) is 1. The minimum Gasteiger partial charge on any atom is -0.369 e. The molecule has 7 heteroatoms. The molecule has 114 valence electrons. The number of fused-ring (bicyclic) bond motifs is 1. The van der Waals surface area contributed by atoms with E-state index in [2.05, 4.69) is 0 Å². The van der Waals surface area contributed by atoms with Crippen molar-refractivity contribution < 1.29 is 19.2 Å². The Bertz CT molecular complexity index is 707. The average Bonchev–Trinajstić information content (AvgIpc) is 2.62. The van der Waals surface area contributed by atoms with Crippen molar-refractivity contribution in [2.75, 3.05) is 13.1 Å². The monoisotopic (exact) mass is 301 g/mol. The van der Waals surface area contributed by atoms with Crippen LogP contribution in [0.3, 0.4) is 0 Å². The largest absolute Gasteiger partial charge is 0.369 e. The van der Waals surface area contributed by atoms with Crippen LogP contribution in [0, 0.1) is 0 Å². The van der Waals surface area contributed by atoms with E-state index >= 15 is 0 Å². The Kier molecular flexibility index (Phi) is 3.20. The SMILES string of the molecule is CC(=O)N1CC(N2C(=O)c3cccc(CC(N)=O)c3C2=O)C1. The second-order valence-electron chi connectivity index (χ2n) is 5.54. The van der Waals surface area contributed by atoms with E-state index in [4.69, 9.17) is 5.73 Å². The summed E-state index contributed by atoms with van der Waals surface area (Å²) in [6.07, 6.45) is -0.0831. The standard InChI is InChI=1S/C15H15N3O4/c1-8(19)17-6-10(7-17)18-14(21)11-4-2-3-9(5-12(16)20)13(11)15(18)22/h2-4,10H,5-7H2,1H3,(H2,16,20). The minimum atomic E-state index is -0.557. The number of hydrogen-bond acceptors (Lipinski definition) is 4. The van der Waals surface area contributed by atoms with Crippen LogP contribution < -0.4 is 5.73 Å². The molecule has 2 aliphatic heterocycles. The van der Waals surface area contributed by atoms with E-state index in [0.717, 1.165) is 0 Å². The molecule has 2 aliphatic rings. The minimum absolute atomic E-state index is 0.0812. The number of nitrogens with zero attached hydrogens (tertiary/aromatic N) is 2. The number of imide groups is 1. The summed E-state index contributed by atoms with van der Waals surface area (Å²) >= 11 is 0. The Morgan fingerprint density at radius 1 is 1.23 bits per heavy atom. The van der Waals surface area contributed by atoms with Crippen LogP contribution >= 0.6 is 0 Å². The first-order valence-corrected chi connectivity index (χ1v) is 6.93. The highest BCUT2D eigenvalue weighted by Gasteiger charge is 2.45. The van der Waals surface area contributed by atoms with Crippen molar-refractivity contribution in [1.82, 2.24) is 9.80 Å². The van der Waals surface area contributed by atoms with Crippen LogP contribution in [0.15, 0.2) is 18.2 Å². The molecular weight excluding hydrogens is 286 g/mol. The van der Waals surface area contributed by atoms with Crippen LogP contribution in [0.2, 0.25) is 0 Å². The molecule has 22 heavy (non-hydrogen) atoms. The lowest BCUT2D eigenvalue weighted by molar-refractivity contribution is -0.134. The molecule has 0 aliphatic carbocycles. The molecule has 0 radical (unpaired) electrons. The molecular formula is C15H15N3O4. The van der Waals surface area contributed by atoms with E-state index in [1.807, 2.05) is 0 Å². The average molecular weight is 301 g/mol. The maximum Gasteiger partial charge on any atom is 0.262 e. The summed E-state index contributed by atoms with van der Waals surface area (Å²) in [6.45, 7) is 2.15. The van der Waals surface area contributed by atoms with E-state index < -0.39 is 11.8 Å². The zero-order valence-electron chi connectivity index (χ0n) is 12.0. The highest BCUT2D eigenvalue weighted by Crippen LogP contribution is 2.30. The van der Waals surface area contributed by atoms with Gasteiger partial charge in [-0.3, -0.25) is 24.1 Å². The van der Waals surface area contributed by atoms with Gasteiger partial charge in [-0.1, -0.05) is 12.1 Å². The van der Waals surface area contributed by atoms with Gasteiger partial charge in [-0.05, 0) is 11.6 Å². The molecule has 2 heterocycles. The van der Waals surface area contributed by atoms with E-state index in [1.54, 1.807) is 23.1 Å². The lowest BCUT2D eigenvalue weighted by Crippen LogP contribution is -2.61. The topological polar surface area (TPSA) is 101 Å². The molecule has 0 atom stereocenters. The lowest BCUT2D eigenvalue weighted by atomic mass is 10.0. The summed E-state index contributed by atoms with van der Waals surface area (Å²) in [5.41, 5.74) is 6.21. The summed E-state index contributed by atoms with van der Waals surface area (Å²) in [7, 11) is 0. The summed E-state index contributed by atoms with van der Waals surface area (Å²) in [4.78, 5) is 50.1. The van der Waals surface area contributed by atoms with Crippen molar-refractivity contribution >= 4 is 23.6 Å². The first kappa shape index (κ1) is 14.2. The molecule has 1 saturated heterocycles. The van der Waals surface area contributed by atoms with Crippen LogP contribution in [0.1, 0.15) is 33.2 Å². The molecule has 3 rings (SSSR count). The Morgan fingerprint density at radius 3 is 2.50 bits per heavy atom. The first-order valence-electron chi connectivity index (χ1n) is 6.93. The van der Waals surface area contributed by atoms with Crippen molar-refractivity contribution in [2.24, 2.45) is 5.73 Å². The molecule has 1 fully saturated rings. The number of carbonyl (C=O) groups is 4. The third-order valence-corrected chi connectivity index (χ3v) is 4.07. The zero-order valence-corrected chi connectivity index (χ0v) is 12.0. The molecule has 0 unspecified atom stereocenters. The van der Waals surface area contributed by atoms with Crippen LogP contribution in [0.25, 0.3) is 0 Å². The predicted octanol–water partition coefficient (Wildman–Crippen LogP) is -0.459. The fourth-order valence-electron chi connectivity index (χ4n) is 2.92. The first-order chi connectivity index (χ1) is 10.4. The fourth-order valence-corrected chi connectivity index (χ4v) is 2.92. The highest BCUT2D eigenvalue weighted by molar-refractivity contribution is 6.22. The lowest BCUT2D eigenvalue weighted by Gasteiger charge is -2.42. The molecule has 1 aromatic carbocycles. The molecule has 0 bridgehead atoms. The molecule has 7 nitrogen and oxygen atoms in total. The molecule has 2 N–H and O–H groups in total. The molecule has 0 saturated carbocycles. The van der Waals surface area contributed by atoms with Crippen molar-refractivity contribution in [1.29, 1.82) is 0 Å². The van der Waals surface area contributed by atoms with Gasteiger partial charge in [0.2, 0.25) is 11.8 Å². The van der Waals surface area contributed by atoms with Gasteiger partial charge in [-0.15, -0.1) is 0 Å². The van der Waals surface area contributed by atoms with Gasteiger partial charge >= 0.3 is 0 Å². The molecule has 0 aromatic heterocycles. The Hall–Kier alpha value is -2.70. The maximum atomic E-state index is 12.6. The second kappa shape index (κ2) is 4.94. The number of nitrogens with two attached hydrogens (primary N) is 1. The Balaban J connectivity index is 1.89. The van der Waals surface area contributed by atoms with Crippen molar-refractivity contribution in [3.05, 3.63) is 34.9 Å². The van der Waals surface area contributed by atoms with E-state index in [1.165, 1.54) is 11.8 Å². The van der Waals surface area contributed by atoms with Crippen molar-refractivity contribution in [3.63, 3.8) is 0 Å². The maximum absolute atomic E-state index is 12.6. The van der Waals surface area contributed by atoms with Crippen molar-refractivity contribution in [3.8, 4) is 0 Å². The van der Waals surface area contributed by atoms with Crippen LogP contribution in [-0.4, -0.2) is 52.6 Å². The zero-order chi connectivity index (χ0) is 16.0. The number of likely N-dealkylation sites (tertiary alicyclic amines) is 1. The van der Waals surface area contributed by atoms with Crippen LogP contribution in [-0.2, 0) is 16.0 Å². The molecule has 1 aromatic rings. The normalized spacial score (nSPS) is 17.5. The number of rotatable bonds is 3. The summed E-state index contributed by atoms with van der Waals surface area (Å²) in [5, 5.41) is 0. The summed E-state index contributed by atoms with van der Waals surface area (Å²) < 4.78 is 0. The third-order valence-electron chi connectivity index (χ3n) is 4.07. The number of amides is 4.